The number of amides is 2. The monoisotopic (exact) mass is 666 g/mol. The zero-order valence-corrected chi connectivity index (χ0v) is 26.8. The third-order valence-electron chi connectivity index (χ3n) is 8.63. The molecule has 0 saturated carbocycles. The van der Waals surface area contributed by atoms with Gasteiger partial charge in [0.25, 0.3) is 0 Å². The Labute approximate surface area is 275 Å². The molecule has 254 valence electrons. The minimum absolute atomic E-state index is 0.00857. The summed E-state index contributed by atoms with van der Waals surface area (Å²) in [6.07, 6.45) is 0.557. The Kier molecular flexibility index (Phi) is 9.61. The van der Waals surface area contributed by atoms with Gasteiger partial charge in [0.2, 0.25) is 11.8 Å². The first-order valence-corrected chi connectivity index (χ1v) is 15.8. The number of carbonyl (C=O) groups excluding carboxylic acids is 1. The summed E-state index contributed by atoms with van der Waals surface area (Å²) in [5.74, 6) is 0.386. The van der Waals surface area contributed by atoms with E-state index in [0.29, 0.717) is 51.0 Å². The molecule has 2 fully saturated rings. The van der Waals surface area contributed by atoms with Gasteiger partial charge >= 0.3 is 12.2 Å². The van der Waals surface area contributed by atoms with Crippen LogP contribution in [-0.4, -0.2) is 74.4 Å². The molecule has 0 aliphatic carbocycles. The fraction of sp³-hybridized carbons (Fsp3) is 0.438. The van der Waals surface area contributed by atoms with Crippen molar-refractivity contribution in [2.24, 2.45) is 7.05 Å². The molecular weight excluding hydrogens is 629 g/mol. The molecule has 4 aromatic rings. The first-order chi connectivity index (χ1) is 23.0. The highest BCUT2D eigenvalue weighted by Gasteiger charge is 2.37. The van der Waals surface area contributed by atoms with Gasteiger partial charge in [0.05, 0.1) is 5.69 Å². The molecule has 0 bridgehead atoms. The molecule has 2 amide bonds. The van der Waals surface area contributed by atoms with E-state index in [4.69, 9.17) is 9.47 Å². The fourth-order valence-electron chi connectivity index (χ4n) is 5.78. The maximum Gasteiger partial charge on any atom is 0.423 e. The van der Waals surface area contributed by atoms with Crippen molar-refractivity contribution < 1.29 is 27.4 Å². The van der Waals surface area contributed by atoms with Crippen LogP contribution in [-0.2, 0) is 18.0 Å². The lowest BCUT2D eigenvalue weighted by atomic mass is 10.0. The Morgan fingerprint density at radius 3 is 2.38 bits per heavy atom. The second-order valence-corrected chi connectivity index (χ2v) is 11.9. The average molecular weight is 667 g/mol. The van der Waals surface area contributed by atoms with Crippen LogP contribution in [0.1, 0.15) is 42.4 Å². The molecule has 3 aromatic heterocycles. The molecule has 5 heterocycles. The number of nitrogens with one attached hydrogen (secondary N) is 3. The second-order valence-electron chi connectivity index (χ2n) is 11.9. The zero-order chi connectivity index (χ0) is 33.8. The van der Waals surface area contributed by atoms with E-state index >= 15 is 0 Å². The van der Waals surface area contributed by atoms with Gasteiger partial charge in [-0.15, -0.1) is 10.2 Å². The number of aryl methyl sites for hydroxylation is 1. The van der Waals surface area contributed by atoms with Crippen LogP contribution in [0.3, 0.4) is 0 Å². The minimum Gasteiger partial charge on any atom is -0.438 e. The Morgan fingerprint density at radius 1 is 0.979 bits per heavy atom. The smallest absolute Gasteiger partial charge is 0.423 e. The van der Waals surface area contributed by atoms with Crippen molar-refractivity contribution in [2.45, 2.75) is 57.8 Å². The Bertz CT molecular complexity index is 1730. The number of hydrogen-bond donors (Lipinski definition) is 3. The molecule has 0 atom stereocenters. The van der Waals surface area contributed by atoms with Gasteiger partial charge in [0.1, 0.15) is 17.0 Å². The first kappa shape index (κ1) is 32.9. The average Bonchev–Trinajstić information content (AvgIpc) is 3.49. The van der Waals surface area contributed by atoms with Crippen molar-refractivity contribution in [3.05, 3.63) is 59.4 Å². The number of rotatable bonds is 8. The van der Waals surface area contributed by atoms with Crippen molar-refractivity contribution in [3.63, 3.8) is 0 Å². The predicted octanol–water partition coefficient (Wildman–Crippen LogP) is 5.48. The summed E-state index contributed by atoms with van der Waals surface area (Å²) in [6, 6.07) is 7.50. The Morgan fingerprint density at radius 2 is 1.71 bits per heavy atom. The molecule has 2 aliphatic heterocycles. The van der Waals surface area contributed by atoms with Gasteiger partial charge in [-0.3, -0.25) is 4.68 Å². The second kappa shape index (κ2) is 14.0. The van der Waals surface area contributed by atoms with E-state index in [1.165, 1.54) is 12.1 Å². The summed E-state index contributed by atoms with van der Waals surface area (Å²) < 4.78 is 53.7. The molecule has 48 heavy (non-hydrogen) atoms. The van der Waals surface area contributed by atoms with E-state index in [1.807, 2.05) is 27.0 Å². The highest BCUT2D eigenvalue weighted by molar-refractivity contribution is 5.89. The van der Waals surface area contributed by atoms with Crippen LogP contribution in [0.5, 0.6) is 11.6 Å². The molecule has 2 saturated heterocycles. The lowest BCUT2D eigenvalue weighted by Crippen LogP contribution is -2.46. The number of carbonyl (C=O) groups is 1. The van der Waals surface area contributed by atoms with Crippen LogP contribution in [0.25, 0.3) is 11.4 Å². The molecule has 6 rings (SSSR count). The van der Waals surface area contributed by atoms with Gasteiger partial charge in [-0.2, -0.15) is 23.3 Å². The van der Waals surface area contributed by atoms with Gasteiger partial charge in [-0.05, 0) is 81.0 Å². The third-order valence-corrected chi connectivity index (χ3v) is 8.63. The van der Waals surface area contributed by atoms with E-state index in [2.05, 4.69) is 46.1 Å². The number of urea groups is 1. The summed E-state index contributed by atoms with van der Waals surface area (Å²) in [6.45, 7) is 6.58. The van der Waals surface area contributed by atoms with Crippen molar-refractivity contribution in [3.8, 4) is 23.0 Å². The Balaban J connectivity index is 1.02. The van der Waals surface area contributed by atoms with Crippen LogP contribution in [0.4, 0.5) is 35.4 Å². The lowest BCUT2D eigenvalue weighted by Gasteiger charge is -2.34. The number of aromatic nitrogens is 6. The first-order valence-electron chi connectivity index (χ1n) is 15.8. The highest BCUT2D eigenvalue weighted by Crippen LogP contribution is 2.37. The normalized spacial score (nSPS) is 16.1. The Hall–Kier alpha value is -4.99. The highest BCUT2D eigenvalue weighted by atomic mass is 19.4. The number of hydrogen-bond acceptors (Lipinski definition) is 10. The molecule has 0 unspecified atom stereocenters. The topological polar surface area (TPSA) is 144 Å². The predicted molar refractivity (Wildman–Crippen MR) is 172 cm³/mol. The van der Waals surface area contributed by atoms with Gasteiger partial charge < -0.3 is 30.3 Å². The summed E-state index contributed by atoms with van der Waals surface area (Å²) in [4.78, 5) is 22.8. The maximum absolute atomic E-state index is 13.7. The molecule has 1 aromatic carbocycles. The standard InChI is InChI=1S/C32H37F3N10O3/c1-19-20(2)28(43-42-27(19)26-8-13-37-44(26)3)45-14-9-22(10-15-45)40-31(46)39-21-4-6-24(7-5-21)48-29-25(32(33,34)35)18-36-30(41-29)38-23-11-16-47-17-12-23/h4-8,13,18,22-23H,9-12,14-17H2,1-3H3,(H,36,38,41)(H2,39,40,46). The van der Waals surface area contributed by atoms with Crippen molar-refractivity contribution in [1.82, 2.24) is 35.3 Å². The molecular formula is C32H37F3N10O3. The number of alkyl halides is 3. The number of ether oxygens (including phenoxy) is 2. The molecule has 0 spiro atoms. The fourth-order valence-corrected chi connectivity index (χ4v) is 5.78. The maximum atomic E-state index is 13.7. The van der Waals surface area contributed by atoms with Gasteiger partial charge in [-0.1, -0.05) is 0 Å². The van der Waals surface area contributed by atoms with E-state index in [0.717, 1.165) is 41.2 Å². The number of halogens is 3. The third kappa shape index (κ3) is 7.59. The van der Waals surface area contributed by atoms with E-state index in [-0.39, 0.29) is 29.8 Å². The van der Waals surface area contributed by atoms with Gasteiger partial charge in [-0.25, -0.2) is 9.78 Å². The summed E-state index contributed by atoms with van der Waals surface area (Å²) in [7, 11) is 1.87. The van der Waals surface area contributed by atoms with Crippen molar-refractivity contribution >= 4 is 23.5 Å². The number of nitrogens with zero attached hydrogens (tertiary/aromatic N) is 7. The minimum atomic E-state index is -4.71. The van der Waals surface area contributed by atoms with Crippen LogP contribution in [0.2, 0.25) is 0 Å². The van der Waals surface area contributed by atoms with Gasteiger partial charge in [0, 0.05) is 63.5 Å². The van der Waals surface area contributed by atoms with Crippen LogP contribution < -0.4 is 25.6 Å². The SMILES string of the molecule is Cc1c(-c2ccnn2C)nnc(N2CCC(NC(=O)Nc3ccc(Oc4nc(NC5CCOCC5)ncc4C(F)(F)F)cc3)CC2)c1C. The van der Waals surface area contributed by atoms with Crippen LogP contribution in [0, 0.1) is 13.8 Å². The molecule has 3 N–H and O–H groups in total. The lowest BCUT2D eigenvalue weighted by molar-refractivity contribution is -0.139. The number of benzene rings is 1. The summed E-state index contributed by atoms with van der Waals surface area (Å²) in [5, 5.41) is 22.1. The summed E-state index contributed by atoms with van der Waals surface area (Å²) >= 11 is 0. The van der Waals surface area contributed by atoms with E-state index in [9.17, 15) is 18.0 Å². The van der Waals surface area contributed by atoms with Crippen LogP contribution in [0.15, 0.2) is 42.7 Å². The van der Waals surface area contributed by atoms with Crippen molar-refractivity contribution in [2.75, 3.05) is 41.8 Å². The summed E-state index contributed by atoms with van der Waals surface area (Å²) in [5.41, 5.74) is 3.17. The zero-order valence-electron chi connectivity index (χ0n) is 26.8. The van der Waals surface area contributed by atoms with E-state index in [1.54, 1.807) is 23.0 Å². The number of anilines is 3. The molecule has 2 aliphatic rings. The van der Waals surface area contributed by atoms with E-state index < -0.39 is 17.6 Å². The molecule has 0 radical (unpaired) electrons. The largest absolute Gasteiger partial charge is 0.438 e. The van der Waals surface area contributed by atoms with Crippen LogP contribution >= 0.6 is 0 Å². The molecule has 13 nitrogen and oxygen atoms in total. The number of piperidine rings is 1. The quantitative estimate of drug-likeness (QED) is 0.221. The molecule has 16 heteroatoms. The van der Waals surface area contributed by atoms with Crippen molar-refractivity contribution in [1.29, 1.82) is 0 Å². The van der Waals surface area contributed by atoms with Gasteiger partial charge in [0.15, 0.2) is 5.82 Å².